The molecule has 0 N–H and O–H groups in total. The van der Waals surface area contributed by atoms with E-state index >= 15 is 0 Å². The molecule has 0 aliphatic carbocycles. The molecule has 0 rings (SSSR count). The van der Waals surface area contributed by atoms with Crippen molar-refractivity contribution in [1.82, 2.24) is 0 Å². The standard InChI is InChI=1S/C8H10Cl2F6O/c1-7(9,3(11)5(13)14)17-8(2,10)4(12)6(15)16/h3-6H,1-2H3. The molecule has 0 aromatic rings. The van der Waals surface area contributed by atoms with E-state index in [4.69, 9.17) is 23.2 Å². The van der Waals surface area contributed by atoms with Crippen molar-refractivity contribution in [2.24, 2.45) is 0 Å². The van der Waals surface area contributed by atoms with Crippen molar-refractivity contribution in [2.45, 2.75) is 49.2 Å². The molecule has 0 aliphatic rings. The van der Waals surface area contributed by atoms with Gasteiger partial charge in [0.1, 0.15) is 0 Å². The predicted octanol–water partition coefficient (Wildman–Crippen LogP) is 4.12. The average molecular weight is 307 g/mol. The third-order valence-corrected chi connectivity index (χ3v) is 2.40. The highest BCUT2D eigenvalue weighted by molar-refractivity contribution is 6.25. The van der Waals surface area contributed by atoms with Crippen LogP contribution < -0.4 is 0 Å². The number of halogens is 8. The first kappa shape index (κ1) is 17.1. The van der Waals surface area contributed by atoms with Crippen molar-refractivity contribution < 1.29 is 31.1 Å². The first-order valence-electron chi connectivity index (χ1n) is 4.34. The molecule has 0 heterocycles. The lowest BCUT2D eigenvalue weighted by Crippen LogP contribution is -2.49. The molecule has 0 bridgehead atoms. The summed E-state index contributed by atoms with van der Waals surface area (Å²) in [5, 5.41) is -5.44. The Morgan fingerprint density at radius 3 is 1.18 bits per heavy atom. The molecule has 0 aliphatic heterocycles. The number of hydrogen-bond acceptors (Lipinski definition) is 1. The van der Waals surface area contributed by atoms with E-state index in [1.165, 1.54) is 0 Å². The largest absolute Gasteiger partial charge is 0.332 e. The maximum Gasteiger partial charge on any atom is 0.273 e. The number of hydrogen-bond donors (Lipinski definition) is 0. The highest BCUT2D eigenvalue weighted by atomic mass is 35.5. The van der Waals surface area contributed by atoms with Crippen molar-refractivity contribution in [3.8, 4) is 0 Å². The molecule has 4 atom stereocenters. The quantitative estimate of drug-likeness (QED) is 0.530. The molecule has 0 radical (unpaired) electrons. The molecule has 1 nitrogen and oxygen atoms in total. The Labute approximate surface area is 104 Å². The lowest BCUT2D eigenvalue weighted by molar-refractivity contribution is -0.159. The van der Waals surface area contributed by atoms with E-state index in [2.05, 4.69) is 4.74 Å². The normalized spacial score (nSPS) is 23.3. The van der Waals surface area contributed by atoms with Gasteiger partial charge in [0.25, 0.3) is 12.9 Å². The molecule has 0 amide bonds. The molecule has 104 valence electrons. The van der Waals surface area contributed by atoms with E-state index in [1.54, 1.807) is 0 Å². The van der Waals surface area contributed by atoms with Crippen LogP contribution in [0.2, 0.25) is 0 Å². The summed E-state index contributed by atoms with van der Waals surface area (Å²) in [6.07, 6.45) is -13.1. The van der Waals surface area contributed by atoms with Crippen molar-refractivity contribution in [3.63, 3.8) is 0 Å². The lowest BCUT2D eigenvalue weighted by atomic mass is 10.2. The van der Waals surface area contributed by atoms with Gasteiger partial charge in [0.05, 0.1) is 0 Å². The summed E-state index contributed by atoms with van der Waals surface area (Å²) in [5.74, 6) is 0. The monoisotopic (exact) mass is 306 g/mol. The second-order valence-corrected chi connectivity index (χ2v) is 5.05. The van der Waals surface area contributed by atoms with Crippen LogP contribution in [0.3, 0.4) is 0 Å². The summed E-state index contributed by atoms with van der Waals surface area (Å²) >= 11 is 10.5. The molecule has 17 heavy (non-hydrogen) atoms. The lowest BCUT2D eigenvalue weighted by Gasteiger charge is -2.35. The summed E-state index contributed by atoms with van der Waals surface area (Å²) in [4.78, 5) is 0. The molecule has 0 aromatic carbocycles. The van der Waals surface area contributed by atoms with Crippen LogP contribution >= 0.6 is 23.2 Å². The summed E-state index contributed by atoms with van der Waals surface area (Å²) in [6.45, 7) is 1.29. The molecule has 0 saturated carbocycles. The number of ether oxygens (including phenoxy) is 1. The van der Waals surface area contributed by atoms with Gasteiger partial charge in [0, 0.05) is 0 Å². The van der Waals surface area contributed by atoms with Crippen LogP contribution in [0.15, 0.2) is 0 Å². The van der Waals surface area contributed by atoms with Gasteiger partial charge in [-0.25, -0.2) is 26.3 Å². The number of alkyl halides is 8. The van der Waals surface area contributed by atoms with Gasteiger partial charge in [-0.05, 0) is 13.8 Å². The Balaban J connectivity index is 4.81. The molecule has 9 heteroatoms. The molecule has 0 fully saturated rings. The average Bonchev–Trinajstić information content (AvgIpc) is 2.13. The van der Waals surface area contributed by atoms with Crippen LogP contribution in [-0.4, -0.2) is 35.3 Å². The smallest absolute Gasteiger partial charge is 0.273 e. The van der Waals surface area contributed by atoms with Crippen molar-refractivity contribution in [1.29, 1.82) is 0 Å². The molecule has 0 aromatic heterocycles. The van der Waals surface area contributed by atoms with Crippen molar-refractivity contribution in [2.75, 3.05) is 0 Å². The fourth-order valence-corrected chi connectivity index (χ4v) is 1.50. The fraction of sp³-hybridized carbons (Fsp3) is 1.00. The zero-order valence-electron chi connectivity index (χ0n) is 8.74. The zero-order chi connectivity index (χ0) is 14.0. The van der Waals surface area contributed by atoms with Crippen LogP contribution in [-0.2, 0) is 4.74 Å². The summed E-state index contributed by atoms with van der Waals surface area (Å²) in [7, 11) is 0. The Morgan fingerprint density at radius 2 is 1.00 bits per heavy atom. The maximum absolute atomic E-state index is 12.9. The van der Waals surface area contributed by atoms with Crippen LogP contribution in [0.4, 0.5) is 26.3 Å². The predicted molar refractivity (Wildman–Crippen MR) is 51.4 cm³/mol. The molecule has 0 spiro atoms. The minimum atomic E-state index is -3.52. The van der Waals surface area contributed by atoms with Crippen LogP contribution in [0.1, 0.15) is 13.8 Å². The zero-order valence-corrected chi connectivity index (χ0v) is 10.3. The van der Waals surface area contributed by atoms with Gasteiger partial charge in [-0.15, -0.1) is 0 Å². The topological polar surface area (TPSA) is 9.23 Å². The fourth-order valence-electron chi connectivity index (χ4n) is 0.953. The van der Waals surface area contributed by atoms with Gasteiger partial charge in [0.15, 0.2) is 10.1 Å². The second kappa shape index (κ2) is 5.84. The highest BCUT2D eigenvalue weighted by Crippen LogP contribution is 2.38. The third-order valence-electron chi connectivity index (χ3n) is 1.83. The van der Waals surface area contributed by atoms with Gasteiger partial charge >= 0.3 is 0 Å². The number of rotatable bonds is 6. The maximum atomic E-state index is 12.9. The molecular formula is C8H10Cl2F6O. The van der Waals surface area contributed by atoms with Crippen LogP contribution in [0.25, 0.3) is 0 Å². The Kier molecular flexibility index (Phi) is 5.88. The van der Waals surface area contributed by atoms with Gasteiger partial charge in [-0.1, -0.05) is 23.2 Å². The van der Waals surface area contributed by atoms with Crippen molar-refractivity contribution in [3.05, 3.63) is 0 Å². The summed E-state index contributed by atoms with van der Waals surface area (Å²) in [6, 6.07) is 0. The minimum Gasteiger partial charge on any atom is -0.332 e. The first-order valence-corrected chi connectivity index (χ1v) is 5.10. The van der Waals surface area contributed by atoms with E-state index in [0.29, 0.717) is 13.8 Å². The SMILES string of the molecule is CC(Cl)(OC(C)(Cl)C(F)C(F)F)C(F)C(F)F. The minimum absolute atomic E-state index is 0.643. The van der Waals surface area contributed by atoms with E-state index in [-0.39, 0.29) is 0 Å². The van der Waals surface area contributed by atoms with Crippen molar-refractivity contribution >= 4 is 23.2 Å². The molecular weight excluding hydrogens is 297 g/mol. The Bertz CT molecular complexity index is 224. The van der Waals surface area contributed by atoms with E-state index in [9.17, 15) is 26.3 Å². The van der Waals surface area contributed by atoms with Crippen LogP contribution in [0.5, 0.6) is 0 Å². The molecule has 0 saturated heterocycles. The second-order valence-electron chi connectivity index (χ2n) is 3.55. The van der Waals surface area contributed by atoms with Gasteiger partial charge in [0.2, 0.25) is 12.3 Å². The Hall–Kier alpha value is 0.120. The summed E-state index contributed by atoms with van der Waals surface area (Å²) in [5.41, 5.74) is 0. The Morgan fingerprint density at radius 1 is 0.765 bits per heavy atom. The van der Waals surface area contributed by atoms with E-state index < -0.39 is 35.3 Å². The van der Waals surface area contributed by atoms with Crippen LogP contribution in [0, 0.1) is 0 Å². The van der Waals surface area contributed by atoms with E-state index in [0.717, 1.165) is 0 Å². The van der Waals surface area contributed by atoms with Gasteiger partial charge in [-0.3, -0.25) is 0 Å². The van der Waals surface area contributed by atoms with E-state index in [1.807, 2.05) is 0 Å². The summed E-state index contributed by atoms with van der Waals surface area (Å²) < 4.78 is 78.3. The molecule has 4 unspecified atom stereocenters. The van der Waals surface area contributed by atoms with Gasteiger partial charge < -0.3 is 4.74 Å². The van der Waals surface area contributed by atoms with Gasteiger partial charge in [-0.2, -0.15) is 0 Å². The third kappa shape index (κ3) is 4.71. The first-order chi connectivity index (χ1) is 7.42. The highest BCUT2D eigenvalue weighted by Gasteiger charge is 2.50.